The van der Waals surface area contributed by atoms with Gasteiger partial charge in [-0.1, -0.05) is 12.1 Å². The Labute approximate surface area is 177 Å². The number of hydrogen-bond donors (Lipinski definition) is 2. The second kappa shape index (κ2) is 10.2. The summed E-state index contributed by atoms with van der Waals surface area (Å²) >= 11 is 1.71. The molecular formula is C20H29N5O2S2. The molecule has 7 nitrogen and oxygen atoms in total. The zero-order valence-electron chi connectivity index (χ0n) is 17.0. The van der Waals surface area contributed by atoms with Gasteiger partial charge in [0.2, 0.25) is 10.0 Å². The molecule has 2 aromatic rings. The van der Waals surface area contributed by atoms with Gasteiger partial charge in [0.1, 0.15) is 0 Å². The van der Waals surface area contributed by atoms with Gasteiger partial charge in [-0.15, -0.1) is 11.3 Å². The van der Waals surface area contributed by atoms with Crippen molar-refractivity contribution < 1.29 is 8.42 Å². The van der Waals surface area contributed by atoms with Crippen molar-refractivity contribution in [2.24, 2.45) is 4.99 Å². The minimum absolute atomic E-state index is 0.357. The predicted molar refractivity (Wildman–Crippen MR) is 118 cm³/mol. The molecular weight excluding hydrogens is 406 g/mol. The molecule has 1 fully saturated rings. The average Bonchev–Trinajstić information content (AvgIpc) is 3.39. The summed E-state index contributed by atoms with van der Waals surface area (Å²) in [7, 11) is -3.36. The van der Waals surface area contributed by atoms with Crippen molar-refractivity contribution in [2.75, 3.05) is 26.2 Å². The predicted octanol–water partition coefficient (Wildman–Crippen LogP) is 2.53. The Morgan fingerprint density at radius 2 is 1.93 bits per heavy atom. The highest BCUT2D eigenvalue weighted by molar-refractivity contribution is 7.89. The summed E-state index contributed by atoms with van der Waals surface area (Å²) in [5, 5.41) is 7.67. The Kier molecular flexibility index (Phi) is 7.63. The number of hydrogen-bond acceptors (Lipinski definition) is 5. The lowest BCUT2D eigenvalue weighted by atomic mass is 10.2. The Bertz CT molecular complexity index is 917. The third kappa shape index (κ3) is 6.01. The lowest BCUT2D eigenvalue weighted by Crippen LogP contribution is -2.38. The number of aromatic nitrogens is 1. The van der Waals surface area contributed by atoms with E-state index in [1.165, 1.54) is 4.88 Å². The molecule has 1 saturated heterocycles. The van der Waals surface area contributed by atoms with Crippen molar-refractivity contribution in [1.29, 1.82) is 0 Å². The topological polar surface area (TPSA) is 86.7 Å². The van der Waals surface area contributed by atoms with Crippen molar-refractivity contribution in [1.82, 2.24) is 19.9 Å². The second-order valence-electron chi connectivity index (χ2n) is 6.99. The standard InChI is InChI=1S/C20H29N5O2S2/c1-3-21-20(22-11-10-19-23-14-16(2)28-19)24-15-17-6-8-18(9-7-17)29(26,27)25-12-4-5-13-25/h6-9,14H,3-5,10-13,15H2,1-2H3,(H2,21,22,24). The summed E-state index contributed by atoms with van der Waals surface area (Å²) < 4.78 is 26.8. The van der Waals surface area contributed by atoms with E-state index in [4.69, 9.17) is 0 Å². The van der Waals surface area contributed by atoms with Crippen LogP contribution in [-0.4, -0.2) is 49.8 Å². The van der Waals surface area contributed by atoms with Crippen LogP contribution in [0.2, 0.25) is 0 Å². The van der Waals surface area contributed by atoms with E-state index in [2.05, 4.69) is 27.5 Å². The summed E-state index contributed by atoms with van der Waals surface area (Å²) in [5.41, 5.74) is 0.970. The molecule has 0 radical (unpaired) electrons. The molecule has 0 saturated carbocycles. The van der Waals surface area contributed by atoms with Gasteiger partial charge in [0, 0.05) is 43.7 Å². The van der Waals surface area contributed by atoms with E-state index in [1.54, 1.807) is 27.8 Å². The summed E-state index contributed by atoms with van der Waals surface area (Å²) in [4.78, 5) is 10.6. The average molecular weight is 436 g/mol. The third-order valence-corrected chi connectivity index (χ3v) is 7.58. The SMILES string of the molecule is CCNC(=NCc1ccc(S(=O)(=O)N2CCCC2)cc1)NCCc1ncc(C)s1. The number of guanidine groups is 1. The van der Waals surface area contributed by atoms with E-state index in [0.717, 1.165) is 48.9 Å². The molecule has 1 aliphatic heterocycles. The number of nitrogens with one attached hydrogen (secondary N) is 2. The fraction of sp³-hybridized carbons (Fsp3) is 0.500. The second-order valence-corrected chi connectivity index (χ2v) is 10.2. The molecule has 29 heavy (non-hydrogen) atoms. The van der Waals surface area contributed by atoms with Gasteiger partial charge in [0.25, 0.3) is 0 Å². The Morgan fingerprint density at radius 1 is 1.21 bits per heavy atom. The van der Waals surface area contributed by atoms with E-state index >= 15 is 0 Å². The summed E-state index contributed by atoms with van der Waals surface area (Å²) in [6.45, 7) is 7.33. The first-order valence-corrected chi connectivity index (χ1v) is 12.3. The van der Waals surface area contributed by atoms with Crippen molar-refractivity contribution in [3.8, 4) is 0 Å². The van der Waals surface area contributed by atoms with Crippen LogP contribution in [0.5, 0.6) is 0 Å². The number of benzene rings is 1. The van der Waals surface area contributed by atoms with E-state index in [9.17, 15) is 8.42 Å². The lowest BCUT2D eigenvalue weighted by Gasteiger charge is -2.15. The van der Waals surface area contributed by atoms with Crippen molar-refractivity contribution >= 4 is 27.3 Å². The number of thiazole rings is 1. The molecule has 2 N–H and O–H groups in total. The number of nitrogens with zero attached hydrogens (tertiary/aromatic N) is 3. The van der Waals surface area contributed by atoms with Crippen molar-refractivity contribution in [2.45, 2.75) is 44.6 Å². The first kappa shape index (κ1) is 21.7. The Balaban J connectivity index is 1.57. The third-order valence-electron chi connectivity index (χ3n) is 4.69. The molecule has 0 aliphatic carbocycles. The highest BCUT2D eigenvalue weighted by Crippen LogP contribution is 2.21. The lowest BCUT2D eigenvalue weighted by molar-refractivity contribution is 0.477. The number of rotatable bonds is 8. The monoisotopic (exact) mass is 435 g/mol. The summed E-state index contributed by atoms with van der Waals surface area (Å²) in [6, 6.07) is 7.05. The molecule has 0 amide bonds. The molecule has 3 rings (SSSR count). The van der Waals surface area contributed by atoms with Crippen molar-refractivity contribution in [3.63, 3.8) is 0 Å². The highest BCUT2D eigenvalue weighted by Gasteiger charge is 2.26. The van der Waals surface area contributed by atoms with Gasteiger partial charge in [0.15, 0.2) is 5.96 Å². The van der Waals surface area contributed by atoms with Crippen molar-refractivity contribution in [3.05, 3.63) is 45.9 Å². The normalized spacial score (nSPS) is 15.6. The van der Waals surface area contributed by atoms with Gasteiger partial charge < -0.3 is 10.6 Å². The van der Waals surface area contributed by atoms with Crippen LogP contribution in [0.25, 0.3) is 0 Å². The van der Waals surface area contributed by atoms with Crippen LogP contribution >= 0.6 is 11.3 Å². The molecule has 2 heterocycles. The Hall–Kier alpha value is -1.97. The minimum atomic E-state index is -3.36. The van der Waals surface area contributed by atoms with Crippen LogP contribution in [0.3, 0.4) is 0 Å². The Morgan fingerprint density at radius 3 is 2.55 bits per heavy atom. The highest BCUT2D eigenvalue weighted by atomic mass is 32.2. The van der Waals surface area contributed by atoms with Crippen LogP contribution in [0.1, 0.15) is 35.2 Å². The first-order chi connectivity index (χ1) is 14.0. The molecule has 1 aromatic heterocycles. The summed E-state index contributed by atoms with van der Waals surface area (Å²) in [5.74, 6) is 0.745. The maximum absolute atomic E-state index is 12.6. The number of aliphatic imine (C=N–C) groups is 1. The first-order valence-electron chi connectivity index (χ1n) is 10.0. The van der Waals surface area contributed by atoms with E-state index in [-0.39, 0.29) is 0 Å². The molecule has 0 spiro atoms. The molecule has 1 aliphatic rings. The fourth-order valence-corrected chi connectivity index (χ4v) is 5.47. The van der Waals surface area contributed by atoms with Gasteiger partial charge >= 0.3 is 0 Å². The molecule has 0 atom stereocenters. The van der Waals surface area contributed by atoms with Gasteiger partial charge in [-0.05, 0) is 44.4 Å². The van der Waals surface area contributed by atoms with Crippen LogP contribution in [0.4, 0.5) is 0 Å². The van der Waals surface area contributed by atoms with Gasteiger partial charge in [-0.2, -0.15) is 4.31 Å². The van der Waals surface area contributed by atoms with Crippen LogP contribution < -0.4 is 10.6 Å². The maximum Gasteiger partial charge on any atom is 0.243 e. The van der Waals surface area contributed by atoms with E-state index in [0.29, 0.717) is 24.5 Å². The van der Waals surface area contributed by atoms with Gasteiger partial charge in [-0.3, -0.25) is 0 Å². The zero-order valence-corrected chi connectivity index (χ0v) is 18.7. The summed E-state index contributed by atoms with van der Waals surface area (Å²) in [6.07, 6.45) is 4.63. The van der Waals surface area contributed by atoms with Gasteiger partial charge in [-0.25, -0.2) is 18.4 Å². The van der Waals surface area contributed by atoms with Crippen LogP contribution in [0.15, 0.2) is 40.4 Å². The van der Waals surface area contributed by atoms with Gasteiger partial charge in [0.05, 0.1) is 16.4 Å². The molecule has 0 bridgehead atoms. The van der Waals surface area contributed by atoms with E-state index < -0.39 is 10.0 Å². The number of aryl methyl sites for hydroxylation is 1. The molecule has 9 heteroatoms. The fourth-order valence-electron chi connectivity index (χ4n) is 3.16. The maximum atomic E-state index is 12.6. The van der Waals surface area contributed by atoms with Crippen LogP contribution in [-0.2, 0) is 23.0 Å². The van der Waals surface area contributed by atoms with E-state index in [1.807, 2.05) is 25.3 Å². The molecule has 1 aromatic carbocycles. The largest absolute Gasteiger partial charge is 0.357 e. The van der Waals surface area contributed by atoms with Crippen LogP contribution in [0, 0.1) is 6.92 Å². The number of sulfonamides is 1. The quantitative estimate of drug-likeness (QED) is 0.492. The minimum Gasteiger partial charge on any atom is -0.357 e. The zero-order chi connectivity index (χ0) is 20.7. The smallest absolute Gasteiger partial charge is 0.243 e. The molecule has 0 unspecified atom stereocenters. The molecule has 158 valence electrons.